The van der Waals surface area contributed by atoms with Gasteiger partial charge in [-0.1, -0.05) is 33.0 Å². The zero-order valence-electron chi connectivity index (χ0n) is 9.19. The molecule has 0 radical (unpaired) electrons. The highest BCUT2D eigenvalue weighted by molar-refractivity contribution is 7.80. The number of nitrogens with zero attached hydrogens (tertiary/aromatic N) is 1. The van der Waals surface area contributed by atoms with Gasteiger partial charge >= 0.3 is 0 Å². The Hall–Kier alpha value is -0.970. The van der Waals surface area contributed by atoms with E-state index in [0.717, 1.165) is 0 Å². The lowest BCUT2D eigenvalue weighted by molar-refractivity contribution is -0.141. The molecule has 0 aromatic carbocycles. The van der Waals surface area contributed by atoms with E-state index >= 15 is 0 Å². The van der Waals surface area contributed by atoms with Crippen molar-refractivity contribution >= 4 is 29.0 Å². The van der Waals surface area contributed by atoms with E-state index in [1.807, 2.05) is 6.92 Å². The molecular formula is C10H16N2O2S. The van der Waals surface area contributed by atoms with Crippen LogP contribution in [0.15, 0.2) is 0 Å². The summed E-state index contributed by atoms with van der Waals surface area (Å²) < 4.78 is 0. The van der Waals surface area contributed by atoms with Crippen LogP contribution in [0.25, 0.3) is 0 Å². The quantitative estimate of drug-likeness (QED) is 0.570. The summed E-state index contributed by atoms with van der Waals surface area (Å²) in [5.41, 5.74) is 5.53. The number of hydrogen-bond acceptors (Lipinski definition) is 3. The molecule has 0 aromatic rings. The van der Waals surface area contributed by atoms with E-state index < -0.39 is 6.04 Å². The fourth-order valence-corrected chi connectivity index (χ4v) is 2.07. The van der Waals surface area contributed by atoms with Crippen LogP contribution in [0, 0.1) is 11.8 Å². The third kappa shape index (κ3) is 1.88. The van der Waals surface area contributed by atoms with Crippen molar-refractivity contribution < 1.29 is 9.59 Å². The van der Waals surface area contributed by atoms with Crippen molar-refractivity contribution in [1.29, 1.82) is 0 Å². The molecule has 5 heteroatoms. The Bertz CT molecular complexity index is 297. The molecule has 0 aromatic heterocycles. The molecule has 4 nitrogen and oxygen atoms in total. The molecule has 15 heavy (non-hydrogen) atoms. The maximum absolute atomic E-state index is 11.8. The molecule has 0 bridgehead atoms. The van der Waals surface area contributed by atoms with Gasteiger partial charge in [0, 0.05) is 11.8 Å². The van der Waals surface area contributed by atoms with E-state index in [2.05, 4.69) is 0 Å². The molecule has 1 saturated heterocycles. The lowest BCUT2D eigenvalue weighted by Crippen LogP contribution is -2.47. The number of rotatable bonds is 3. The van der Waals surface area contributed by atoms with Crippen LogP contribution in [-0.4, -0.2) is 27.7 Å². The summed E-state index contributed by atoms with van der Waals surface area (Å²) in [6.07, 6.45) is 0.576. The molecule has 0 spiro atoms. The second-order valence-corrected chi connectivity index (χ2v) is 4.42. The highest BCUT2D eigenvalue weighted by Gasteiger charge is 2.45. The first kappa shape index (κ1) is 12.1. The first-order valence-electron chi connectivity index (χ1n) is 5.08. The van der Waals surface area contributed by atoms with Crippen LogP contribution in [0.4, 0.5) is 0 Å². The van der Waals surface area contributed by atoms with Crippen molar-refractivity contribution in [3.63, 3.8) is 0 Å². The minimum Gasteiger partial charge on any atom is -0.392 e. The summed E-state index contributed by atoms with van der Waals surface area (Å²) in [7, 11) is 0. The van der Waals surface area contributed by atoms with Crippen LogP contribution in [0.3, 0.4) is 0 Å². The number of nitrogens with two attached hydrogens (primary N) is 1. The molecule has 2 N–H and O–H groups in total. The Labute approximate surface area is 94.8 Å². The van der Waals surface area contributed by atoms with Crippen LogP contribution < -0.4 is 5.73 Å². The van der Waals surface area contributed by atoms with Gasteiger partial charge in [-0.3, -0.25) is 14.5 Å². The minimum atomic E-state index is -0.424. The lowest BCUT2D eigenvalue weighted by atomic mass is 10.00. The van der Waals surface area contributed by atoms with Gasteiger partial charge in [0.1, 0.15) is 0 Å². The van der Waals surface area contributed by atoms with Crippen molar-refractivity contribution in [3.8, 4) is 0 Å². The number of carbonyl (C=O) groups excluding carboxylic acids is 2. The molecule has 1 aliphatic rings. The van der Waals surface area contributed by atoms with Crippen molar-refractivity contribution in [3.05, 3.63) is 0 Å². The van der Waals surface area contributed by atoms with Gasteiger partial charge in [-0.15, -0.1) is 0 Å². The Morgan fingerprint density at radius 1 is 1.40 bits per heavy atom. The largest absolute Gasteiger partial charge is 0.392 e. The number of hydrogen-bond donors (Lipinski definition) is 1. The Kier molecular flexibility index (Phi) is 3.44. The highest BCUT2D eigenvalue weighted by atomic mass is 32.1. The number of imide groups is 1. The molecule has 0 saturated carbocycles. The van der Waals surface area contributed by atoms with Crippen molar-refractivity contribution in [2.24, 2.45) is 17.6 Å². The molecule has 1 aliphatic heterocycles. The second kappa shape index (κ2) is 4.26. The third-order valence-electron chi connectivity index (χ3n) is 3.03. The Balaban J connectivity index is 3.00. The summed E-state index contributed by atoms with van der Waals surface area (Å²) in [4.78, 5) is 25.1. The predicted molar refractivity (Wildman–Crippen MR) is 61.0 cm³/mol. The Morgan fingerprint density at radius 2 is 1.80 bits per heavy atom. The minimum absolute atomic E-state index is 0.160. The molecule has 1 fully saturated rings. The summed E-state index contributed by atoms with van der Waals surface area (Å²) in [6.45, 7) is 5.38. The van der Waals surface area contributed by atoms with Gasteiger partial charge in [0.15, 0.2) is 0 Å². The van der Waals surface area contributed by atoms with E-state index in [1.165, 1.54) is 4.90 Å². The average molecular weight is 228 g/mol. The van der Waals surface area contributed by atoms with Gasteiger partial charge in [-0.05, 0) is 6.42 Å². The van der Waals surface area contributed by atoms with E-state index in [4.69, 9.17) is 18.0 Å². The normalized spacial score (nSPS) is 28.3. The molecule has 84 valence electrons. The van der Waals surface area contributed by atoms with Gasteiger partial charge in [-0.2, -0.15) is 0 Å². The topological polar surface area (TPSA) is 63.4 Å². The third-order valence-corrected chi connectivity index (χ3v) is 3.30. The zero-order valence-corrected chi connectivity index (χ0v) is 10.0. The van der Waals surface area contributed by atoms with Crippen molar-refractivity contribution in [2.45, 2.75) is 33.2 Å². The molecular weight excluding hydrogens is 212 g/mol. The monoisotopic (exact) mass is 228 g/mol. The summed E-state index contributed by atoms with van der Waals surface area (Å²) in [5.74, 6) is -0.846. The van der Waals surface area contributed by atoms with Crippen LogP contribution >= 0.6 is 12.2 Å². The maximum Gasteiger partial charge on any atom is 0.233 e. The smallest absolute Gasteiger partial charge is 0.233 e. The summed E-state index contributed by atoms with van der Waals surface area (Å²) in [6, 6.07) is -0.424. The van der Waals surface area contributed by atoms with E-state index in [9.17, 15) is 9.59 Å². The molecule has 3 unspecified atom stereocenters. The van der Waals surface area contributed by atoms with Crippen molar-refractivity contribution in [2.75, 3.05) is 0 Å². The molecule has 3 atom stereocenters. The first-order valence-corrected chi connectivity index (χ1v) is 5.48. The summed E-state index contributed by atoms with van der Waals surface area (Å²) >= 11 is 4.87. The lowest BCUT2D eigenvalue weighted by Gasteiger charge is -2.24. The maximum atomic E-state index is 11.8. The fourth-order valence-electron chi connectivity index (χ4n) is 1.79. The molecule has 1 heterocycles. The second-order valence-electron chi connectivity index (χ2n) is 3.95. The number of likely N-dealkylation sites (tertiary alicyclic amines) is 1. The van der Waals surface area contributed by atoms with E-state index in [1.54, 1.807) is 13.8 Å². The van der Waals surface area contributed by atoms with Crippen LogP contribution in [0.5, 0.6) is 0 Å². The molecule has 0 aliphatic carbocycles. The fraction of sp³-hybridized carbons (Fsp3) is 0.700. The van der Waals surface area contributed by atoms with E-state index in [0.29, 0.717) is 6.42 Å². The van der Waals surface area contributed by atoms with Crippen LogP contribution in [0.1, 0.15) is 27.2 Å². The van der Waals surface area contributed by atoms with Crippen LogP contribution in [0.2, 0.25) is 0 Å². The SMILES string of the molecule is CCC(C(N)=S)N1C(=O)C(C)C(C)C1=O. The Morgan fingerprint density at radius 3 is 2.07 bits per heavy atom. The van der Waals surface area contributed by atoms with Gasteiger partial charge in [0.25, 0.3) is 0 Å². The van der Waals surface area contributed by atoms with Crippen molar-refractivity contribution in [1.82, 2.24) is 4.90 Å². The number of thiocarbonyl (C=S) groups is 1. The van der Waals surface area contributed by atoms with Gasteiger partial charge in [0.2, 0.25) is 11.8 Å². The van der Waals surface area contributed by atoms with Gasteiger partial charge in [-0.25, -0.2) is 0 Å². The number of amides is 2. The first-order chi connectivity index (χ1) is 6.91. The van der Waals surface area contributed by atoms with Gasteiger partial charge in [0.05, 0.1) is 11.0 Å². The zero-order chi connectivity index (χ0) is 11.7. The van der Waals surface area contributed by atoms with E-state index in [-0.39, 0.29) is 28.6 Å². The number of carbonyl (C=O) groups is 2. The van der Waals surface area contributed by atoms with Crippen LogP contribution in [-0.2, 0) is 9.59 Å². The molecule has 1 rings (SSSR count). The highest BCUT2D eigenvalue weighted by Crippen LogP contribution is 2.28. The average Bonchev–Trinajstić information content (AvgIpc) is 2.36. The molecule has 2 amide bonds. The standard InChI is InChI=1S/C10H16N2O2S/c1-4-7(8(11)15)12-9(13)5(2)6(3)10(12)14/h5-7H,4H2,1-3H3,(H2,11,15). The summed E-state index contributed by atoms with van der Waals surface area (Å²) in [5, 5.41) is 0. The van der Waals surface area contributed by atoms with Gasteiger partial charge < -0.3 is 5.73 Å². The predicted octanol–water partition coefficient (Wildman–Crippen LogP) is 0.692.